The number of carbonyl (C=O) groups excluding carboxylic acids is 1. The summed E-state index contributed by atoms with van der Waals surface area (Å²) in [5, 5.41) is 0. The van der Waals surface area contributed by atoms with Gasteiger partial charge in [-0.25, -0.2) is 0 Å². The second kappa shape index (κ2) is 9.45. The molecule has 0 heterocycles. The van der Waals surface area contributed by atoms with Crippen molar-refractivity contribution in [2.45, 2.75) is 13.1 Å². The molecule has 3 aromatic rings. The van der Waals surface area contributed by atoms with Crippen LogP contribution >= 0.6 is 0 Å². The van der Waals surface area contributed by atoms with E-state index in [1.165, 1.54) is 7.11 Å². The summed E-state index contributed by atoms with van der Waals surface area (Å²) in [6, 6.07) is 23.5. The number of amides is 1. The SMILES string of the molecule is COc1ccccc1C(=O)N(Cc1ccccc1)Cc1ccc(OS(C)(=O)=O)cc1. The Bertz CT molecular complexity index is 1100. The molecular formula is C23H23NO5S. The van der Waals surface area contributed by atoms with Crippen molar-refractivity contribution in [3.05, 3.63) is 95.6 Å². The van der Waals surface area contributed by atoms with Crippen LogP contribution in [0.25, 0.3) is 0 Å². The number of para-hydroxylation sites is 1. The number of hydrogen-bond donors (Lipinski definition) is 0. The van der Waals surface area contributed by atoms with Gasteiger partial charge in [0, 0.05) is 13.1 Å². The number of benzene rings is 3. The van der Waals surface area contributed by atoms with Gasteiger partial charge in [0.25, 0.3) is 5.91 Å². The molecule has 0 aromatic heterocycles. The largest absolute Gasteiger partial charge is 0.496 e. The summed E-state index contributed by atoms with van der Waals surface area (Å²) in [6.45, 7) is 0.754. The van der Waals surface area contributed by atoms with Crippen LogP contribution in [-0.2, 0) is 23.2 Å². The van der Waals surface area contributed by atoms with Crippen LogP contribution in [0.4, 0.5) is 0 Å². The standard InChI is InChI=1S/C23H23NO5S/c1-28-22-11-7-6-10-21(22)23(25)24(16-18-8-4-3-5-9-18)17-19-12-14-20(15-13-19)29-30(2,26)27/h3-15H,16-17H2,1-2H3. The lowest BCUT2D eigenvalue weighted by atomic mass is 10.1. The van der Waals surface area contributed by atoms with Crippen LogP contribution < -0.4 is 8.92 Å². The van der Waals surface area contributed by atoms with Crippen molar-refractivity contribution in [1.29, 1.82) is 0 Å². The topological polar surface area (TPSA) is 72.9 Å². The minimum absolute atomic E-state index is 0.159. The highest BCUT2D eigenvalue weighted by Crippen LogP contribution is 2.23. The average molecular weight is 426 g/mol. The number of nitrogens with zero attached hydrogens (tertiary/aromatic N) is 1. The Hall–Kier alpha value is -3.32. The normalized spacial score (nSPS) is 11.0. The van der Waals surface area contributed by atoms with Gasteiger partial charge in [-0.3, -0.25) is 4.79 Å². The van der Waals surface area contributed by atoms with Crippen LogP contribution in [0.2, 0.25) is 0 Å². The maximum absolute atomic E-state index is 13.3. The highest BCUT2D eigenvalue weighted by molar-refractivity contribution is 7.86. The molecule has 30 heavy (non-hydrogen) atoms. The van der Waals surface area contributed by atoms with Crippen LogP contribution in [0, 0.1) is 0 Å². The van der Waals surface area contributed by atoms with E-state index < -0.39 is 10.1 Å². The molecule has 0 atom stereocenters. The van der Waals surface area contributed by atoms with Crippen LogP contribution in [0.1, 0.15) is 21.5 Å². The Balaban J connectivity index is 1.87. The fourth-order valence-corrected chi connectivity index (χ4v) is 3.50. The maximum atomic E-state index is 13.3. The monoisotopic (exact) mass is 425 g/mol. The zero-order chi connectivity index (χ0) is 21.6. The summed E-state index contributed by atoms with van der Waals surface area (Å²) >= 11 is 0. The molecule has 0 radical (unpaired) electrons. The minimum Gasteiger partial charge on any atom is -0.496 e. The van der Waals surface area contributed by atoms with E-state index in [0.29, 0.717) is 24.4 Å². The third-order valence-corrected chi connectivity index (χ3v) is 4.88. The highest BCUT2D eigenvalue weighted by atomic mass is 32.2. The van der Waals surface area contributed by atoms with E-state index in [9.17, 15) is 13.2 Å². The first kappa shape index (κ1) is 21.4. The van der Waals surface area contributed by atoms with Crippen molar-refractivity contribution in [2.24, 2.45) is 0 Å². The van der Waals surface area contributed by atoms with Gasteiger partial charge >= 0.3 is 10.1 Å². The van der Waals surface area contributed by atoms with Gasteiger partial charge in [-0.15, -0.1) is 0 Å². The molecule has 1 amide bonds. The number of carbonyl (C=O) groups is 1. The molecule has 0 aliphatic heterocycles. The van der Waals surface area contributed by atoms with Crippen LogP contribution in [0.3, 0.4) is 0 Å². The smallest absolute Gasteiger partial charge is 0.306 e. The molecule has 0 N–H and O–H groups in total. The Morgan fingerprint density at radius 1 is 0.833 bits per heavy atom. The Morgan fingerprint density at radius 2 is 1.40 bits per heavy atom. The lowest BCUT2D eigenvalue weighted by Crippen LogP contribution is -2.30. The van der Waals surface area contributed by atoms with E-state index in [1.807, 2.05) is 36.4 Å². The van der Waals surface area contributed by atoms with Crippen molar-refractivity contribution in [3.63, 3.8) is 0 Å². The van der Waals surface area contributed by atoms with Crippen molar-refractivity contribution in [3.8, 4) is 11.5 Å². The van der Waals surface area contributed by atoms with Crippen molar-refractivity contribution in [1.82, 2.24) is 4.90 Å². The minimum atomic E-state index is -3.59. The second-order valence-electron chi connectivity index (χ2n) is 6.78. The molecule has 0 saturated heterocycles. The zero-order valence-corrected chi connectivity index (χ0v) is 17.6. The highest BCUT2D eigenvalue weighted by Gasteiger charge is 2.20. The number of hydrogen-bond acceptors (Lipinski definition) is 5. The first-order chi connectivity index (χ1) is 14.4. The fourth-order valence-electron chi connectivity index (χ4n) is 3.04. The van der Waals surface area contributed by atoms with Gasteiger partial charge in [0.2, 0.25) is 0 Å². The fraction of sp³-hybridized carbons (Fsp3) is 0.174. The quantitative estimate of drug-likeness (QED) is 0.512. The zero-order valence-electron chi connectivity index (χ0n) is 16.8. The summed E-state index contributed by atoms with van der Waals surface area (Å²) in [4.78, 5) is 15.1. The molecule has 0 saturated carbocycles. The lowest BCUT2D eigenvalue weighted by Gasteiger charge is -2.24. The number of ether oxygens (including phenoxy) is 1. The summed E-state index contributed by atoms with van der Waals surface area (Å²) in [5.74, 6) is 0.581. The molecule has 3 aromatic carbocycles. The molecule has 7 heteroatoms. The van der Waals surface area contributed by atoms with E-state index in [2.05, 4.69) is 0 Å². The van der Waals surface area contributed by atoms with E-state index in [0.717, 1.165) is 17.4 Å². The Morgan fingerprint density at radius 3 is 2.00 bits per heavy atom. The summed E-state index contributed by atoms with van der Waals surface area (Å²) < 4.78 is 32.8. The first-order valence-corrected chi connectivity index (χ1v) is 11.1. The maximum Gasteiger partial charge on any atom is 0.306 e. The third kappa shape index (κ3) is 5.84. The molecule has 3 rings (SSSR count). The average Bonchev–Trinajstić information content (AvgIpc) is 2.74. The molecular weight excluding hydrogens is 402 g/mol. The predicted molar refractivity (Wildman–Crippen MR) is 115 cm³/mol. The molecule has 156 valence electrons. The van der Waals surface area contributed by atoms with Gasteiger partial charge in [0.05, 0.1) is 18.9 Å². The number of rotatable bonds is 8. The van der Waals surface area contributed by atoms with E-state index in [-0.39, 0.29) is 11.7 Å². The Kier molecular flexibility index (Phi) is 6.74. The van der Waals surface area contributed by atoms with Gasteiger partial charge in [-0.05, 0) is 35.4 Å². The van der Waals surface area contributed by atoms with E-state index >= 15 is 0 Å². The van der Waals surface area contributed by atoms with Crippen molar-refractivity contribution in [2.75, 3.05) is 13.4 Å². The predicted octanol–water partition coefficient (Wildman–Crippen LogP) is 3.88. The molecule has 0 bridgehead atoms. The summed E-state index contributed by atoms with van der Waals surface area (Å²) in [7, 11) is -2.05. The van der Waals surface area contributed by atoms with Gasteiger partial charge in [0.1, 0.15) is 11.5 Å². The molecule has 6 nitrogen and oxygen atoms in total. The summed E-state index contributed by atoms with van der Waals surface area (Å²) in [6.07, 6.45) is 0.994. The molecule has 0 aliphatic rings. The molecule has 0 spiro atoms. The summed E-state index contributed by atoms with van der Waals surface area (Å²) in [5.41, 5.74) is 2.32. The van der Waals surface area contributed by atoms with Crippen LogP contribution in [-0.4, -0.2) is 32.6 Å². The Labute approximate surface area is 176 Å². The van der Waals surface area contributed by atoms with E-state index in [1.54, 1.807) is 47.4 Å². The number of methoxy groups -OCH3 is 1. The van der Waals surface area contributed by atoms with Crippen LogP contribution in [0.5, 0.6) is 11.5 Å². The van der Waals surface area contributed by atoms with Gasteiger partial charge in [0.15, 0.2) is 0 Å². The lowest BCUT2D eigenvalue weighted by molar-refractivity contribution is 0.0726. The van der Waals surface area contributed by atoms with Crippen molar-refractivity contribution < 1.29 is 22.1 Å². The van der Waals surface area contributed by atoms with Gasteiger partial charge in [-0.1, -0.05) is 54.6 Å². The molecule has 0 fully saturated rings. The first-order valence-electron chi connectivity index (χ1n) is 9.30. The van der Waals surface area contributed by atoms with Crippen LogP contribution in [0.15, 0.2) is 78.9 Å². The van der Waals surface area contributed by atoms with Crippen molar-refractivity contribution >= 4 is 16.0 Å². The van der Waals surface area contributed by atoms with E-state index in [4.69, 9.17) is 8.92 Å². The third-order valence-electron chi connectivity index (χ3n) is 4.39. The second-order valence-corrected chi connectivity index (χ2v) is 8.35. The van der Waals surface area contributed by atoms with Gasteiger partial charge in [-0.2, -0.15) is 8.42 Å². The molecule has 0 unspecified atom stereocenters. The molecule has 0 aliphatic carbocycles. The van der Waals surface area contributed by atoms with Gasteiger partial charge < -0.3 is 13.8 Å².